The standard InChI is InChI=1S/C19H29FN2O2/c1-21(2)15-19(24-3)11-13-22(14-12-19)18(23)6-4-5-16-7-9-17(20)10-8-16/h7-10H,4-6,11-15H2,1-3H3. The Morgan fingerprint density at radius 1 is 1.25 bits per heavy atom. The molecule has 1 aromatic carbocycles. The van der Waals surface area contributed by atoms with E-state index in [0.29, 0.717) is 6.42 Å². The first-order valence-electron chi connectivity index (χ1n) is 8.66. The number of nitrogens with zero attached hydrogens (tertiary/aromatic N) is 2. The Bertz CT molecular complexity index is 523. The SMILES string of the molecule is COC1(CN(C)C)CCN(C(=O)CCCc2ccc(F)cc2)CC1. The van der Waals surface area contributed by atoms with Crippen LogP contribution >= 0.6 is 0 Å². The van der Waals surface area contributed by atoms with Gasteiger partial charge in [-0.3, -0.25) is 4.79 Å². The third-order valence-corrected chi connectivity index (χ3v) is 4.83. The molecule has 0 aromatic heterocycles. The van der Waals surface area contributed by atoms with E-state index in [1.165, 1.54) is 12.1 Å². The summed E-state index contributed by atoms with van der Waals surface area (Å²) in [4.78, 5) is 16.5. The van der Waals surface area contributed by atoms with Crippen LogP contribution in [-0.4, -0.2) is 62.1 Å². The van der Waals surface area contributed by atoms with E-state index in [1.54, 1.807) is 19.2 Å². The van der Waals surface area contributed by atoms with Crippen LogP contribution in [-0.2, 0) is 16.0 Å². The van der Waals surface area contributed by atoms with Crippen molar-refractivity contribution in [1.29, 1.82) is 0 Å². The number of benzene rings is 1. The number of piperidine rings is 1. The van der Waals surface area contributed by atoms with Crippen LogP contribution in [0.3, 0.4) is 0 Å². The van der Waals surface area contributed by atoms with Crippen LogP contribution in [0.5, 0.6) is 0 Å². The topological polar surface area (TPSA) is 32.8 Å². The number of carbonyl (C=O) groups is 1. The molecule has 1 aliphatic heterocycles. The molecular weight excluding hydrogens is 307 g/mol. The Balaban J connectivity index is 1.75. The number of carbonyl (C=O) groups excluding carboxylic acids is 1. The number of aryl methyl sites for hydroxylation is 1. The van der Waals surface area contributed by atoms with Crippen LogP contribution in [0.4, 0.5) is 4.39 Å². The lowest BCUT2D eigenvalue weighted by Gasteiger charge is -2.42. The van der Waals surface area contributed by atoms with Gasteiger partial charge in [-0.25, -0.2) is 4.39 Å². The molecule has 0 aliphatic carbocycles. The van der Waals surface area contributed by atoms with E-state index >= 15 is 0 Å². The normalized spacial score (nSPS) is 17.3. The number of hydrogen-bond donors (Lipinski definition) is 0. The third-order valence-electron chi connectivity index (χ3n) is 4.83. The number of methoxy groups -OCH3 is 1. The Kier molecular flexibility index (Phi) is 6.75. The van der Waals surface area contributed by atoms with Gasteiger partial charge in [0.1, 0.15) is 5.82 Å². The van der Waals surface area contributed by atoms with Gasteiger partial charge in [0, 0.05) is 33.2 Å². The molecule has 1 aromatic rings. The number of likely N-dealkylation sites (tertiary alicyclic amines) is 1. The summed E-state index contributed by atoms with van der Waals surface area (Å²) in [5.41, 5.74) is 0.946. The molecule has 1 heterocycles. The largest absolute Gasteiger partial charge is 0.377 e. The molecule has 0 N–H and O–H groups in total. The van der Waals surface area contributed by atoms with Crippen molar-refractivity contribution in [2.75, 3.05) is 40.8 Å². The lowest BCUT2D eigenvalue weighted by Crippen LogP contribution is -2.52. The lowest BCUT2D eigenvalue weighted by molar-refractivity contribution is -0.137. The fraction of sp³-hybridized carbons (Fsp3) is 0.632. The van der Waals surface area contributed by atoms with Gasteiger partial charge in [-0.1, -0.05) is 12.1 Å². The van der Waals surface area contributed by atoms with Crippen molar-refractivity contribution >= 4 is 5.91 Å². The molecule has 5 heteroatoms. The quantitative estimate of drug-likeness (QED) is 0.767. The highest BCUT2D eigenvalue weighted by Gasteiger charge is 2.36. The third kappa shape index (κ3) is 5.28. The predicted octanol–water partition coefficient (Wildman–Crippen LogP) is 2.72. The first kappa shape index (κ1) is 18.9. The molecule has 0 saturated carbocycles. The summed E-state index contributed by atoms with van der Waals surface area (Å²) in [6, 6.07) is 6.51. The van der Waals surface area contributed by atoms with Crippen LogP contribution in [0.25, 0.3) is 0 Å². The van der Waals surface area contributed by atoms with Crippen molar-refractivity contribution in [3.63, 3.8) is 0 Å². The van der Waals surface area contributed by atoms with Gasteiger partial charge < -0.3 is 14.5 Å². The number of hydrogen-bond acceptors (Lipinski definition) is 3. The fourth-order valence-corrected chi connectivity index (χ4v) is 3.42. The Labute approximate surface area is 144 Å². The second kappa shape index (κ2) is 8.58. The zero-order valence-corrected chi connectivity index (χ0v) is 15.1. The molecule has 1 aliphatic rings. The highest BCUT2D eigenvalue weighted by molar-refractivity contribution is 5.76. The Hall–Kier alpha value is -1.46. The molecule has 0 atom stereocenters. The molecule has 0 unspecified atom stereocenters. The molecule has 1 amide bonds. The maximum Gasteiger partial charge on any atom is 0.222 e. The summed E-state index contributed by atoms with van der Waals surface area (Å²) in [5, 5.41) is 0. The maximum atomic E-state index is 12.9. The summed E-state index contributed by atoms with van der Waals surface area (Å²) in [7, 11) is 5.87. The van der Waals surface area contributed by atoms with E-state index < -0.39 is 0 Å². The summed E-state index contributed by atoms with van der Waals surface area (Å²) >= 11 is 0. The van der Waals surface area contributed by atoms with Gasteiger partial charge in [0.2, 0.25) is 5.91 Å². The average molecular weight is 336 g/mol. The monoisotopic (exact) mass is 336 g/mol. The molecule has 4 nitrogen and oxygen atoms in total. The zero-order chi connectivity index (χ0) is 17.6. The highest BCUT2D eigenvalue weighted by Crippen LogP contribution is 2.27. The molecule has 0 spiro atoms. The van der Waals surface area contributed by atoms with E-state index in [0.717, 1.165) is 50.9 Å². The van der Waals surface area contributed by atoms with Gasteiger partial charge in [0.15, 0.2) is 0 Å². The molecule has 134 valence electrons. The fourth-order valence-electron chi connectivity index (χ4n) is 3.42. The van der Waals surface area contributed by atoms with Gasteiger partial charge in [0.05, 0.1) is 5.60 Å². The van der Waals surface area contributed by atoms with Crippen LogP contribution < -0.4 is 0 Å². The van der Waals surface area contributed by atoms with E-state index in [9.17, 15) is 9.18 Å². The Morgan fingerprint density at radius 2 is 1.88 bits per heavy atom. The average Bonchev–Trinajstić information content (AvgIpc) is 2.56. The number of amides is 1. The number of likely N-dealkylation sites (N-methyl/N-ethyl adjacent to an activating group) is 1. The second-order valence-electron chi connectivity index (χ2n) is 6.99. The van der Waals surface area contributed by atoms with Crippen molar-refractivity contribution in [2.24, 2.45) is 0 Å². The minimum absolute atomic E-state index is 0.131. The first-order valence-corrected chi connectivity index (χ1v) is 8.66. The van der Waals surface area contributed by atoms with E-state index in [1.807, 2.05) is 19.0 Å². The summed E-state index contributed by atoms with van der Waals surface area (Å²) < 4.78 is 18.6. The molecule has 1 fully saturated rings. The van der Waals surface area contributed by atoms with Gasteiger partial charge in [0.25, 0.3) is 0 Å². The van der Waals surface area contributed by atoms with Crippen LogP contribution in [0, 0.1) is 5.82 Å². The molecule has 0 radical (unpaired) electrons. The summed E-state index contributed by atoms with van der Waals surface area (Å²) in [6.45, 7) is 2.41. The summed E-state index contributed by atoms with van der Waals surface area (Å²) in [5.74, 6) is -0.00541. The number of ether oxygens (including phenoxy) is 1. The van der Waals surface area contributed by atoms with Gasteiger partial charge in [-0.15, -0.1) is 0 Å². The zero-order valence-electron chi connectivity index (χ0n) is 15.1. The maximum absolute atomic E-state index is 12.9. The first-order chi connectivity index (χ1) is 11.4. The molecule has 24 heavy (non-hydrogen) atoms. The predicted molar refractivity (Wildman–Crippen MR) is 93.4 cm³/mol. The number of halogens is 1. The van der Waals surface area contributed by atoms with Crippen molar-refractivity contribution in [1.82, 2.24) is 9.80 Å². The van der Waals surface area contributed by atoms with Crippen LogP contribution in [0.15, 0.2) is 24.3 Å². The Morgan fingerprint density at radius 3 is 2.42 bits per heavy atom. The van der Waals surface area contributed by atoms with Crippen molar-refractivity contribution in [3.8, 4) is 0 Å². The molecular formula is C19H29FN2O2. The van der Waals surface area contributed by atoms with E-state index in [-0.39, 0.29) is 17.3 Å². The van der Waals surface area contributed by atoms with Gasteiger partial charge in [-0.2, -0.15) is 0 Å². The smallest absolute Gasteiger partial charge is 0.222 e. The lowest BCUT2D eigenvalue weighted by atomic mass is 9.90. The van der Waals surface area contributed by atoms with Crippen molar-refractivity contribution in [3.05, 3.63) is 35.6 Å². The van der Waals surface area contributed by atoms with Gasteiger partial charge in [-0.05, 0) is 57.5 Å². The highest BCUT2D eigenvalue weighted by atomic mass is 19.1. The van der Waals surface area contributed by atoms with Gasteiger partial charge >= 0.3 is 0 Å². The molecule has 2 rings (SSSR count). The number of rotatable bonds is 7. The van der Waals surface area contributed by atoms with Crippen LogP contribution in [0.2, 0.25) is 0 Å². The van der Waals surface area contributed by atoms with E-state index in [2.05, 4.69) is 4.90 Å². The second-order valence-corrected chi connectivity index (χ2v) is 6.99. The summed E-state index contributed by atoms with van der Waals surface area (Å²) in [6.07, 6.45) is 3.92. The minimum atomic E-state index is -0.220. The van der Waals surface area contributed by atoms with Crippen LogP contribution in [0.1, 0.15) is 31.2 Å². The van der Waals surface area contributed by atoms with E-state index in [4.69, 9.17) is 4.74 Å². The van der Waals surface area contributed by atoms with Crippen molar-refractivity contribution in [2.45, 2.75) is 37.7 Å². The molecule has 1 saturated heterocycles. The molecule has 0 bridgehead atoms. The van der Waals surface area contributed by atoms with Crippen molar-refractivity contribution < 1.29 is 13.9 Å². The minimum Gasteiger partial charge on any atom is -0.377 e.